The smallest absolute Gasteiger partial charge is 0.266 e. The van der Waals surface area contributed by atoms with Crippen molar-refractivity contribution >= 4 is 32.6 Å². The second-order valence-electron chi connectivity index (χ2n) is 7.96. The second-order valence-corrected chi connectivity index (χ2v) is 8.96. The third-order valence-corrected chi connectivity index (χ3v) is 6.49. The lowest BCUT2D eigenvalue weighted by Crippen LogP contribution is -2.40. The van der Waals surface area contributed by atoms with Gasteiger partial charge in [-0.1, -0.05) is 43.4 Å². The predicted octanol–water partition coefficient (Wildman–Crippen LogP) is 5.02. The van der Waals surface area contributed by atoms with Gasteiger partial charge in [0, 0.05) is 6.61 Å². The molecule has 0 saturated carbocycles. The number of fused-ring (bicyclic) bond motifs is 1. The number of hydrogen-bond acceptors (Lipinski definition) is 6. The van der Waals surface area contributed by atoms with Crippen molar-refractivity contribution in [3.63, 3.8) is 0 Å². The van der Waals surface area contributed by atoms with Crippen molar-refractivity contribution in [3.8, 4) is 11.5 Å². The number of rotatable bonds is 8. The third kappa shape index (κ3) is 4.99. The van der Waals surface area contributed by atoms with Crippen LogP contribution in [0.5, 0.6) is 11.5 Å². The lowest BCUT2D eigenvalue weighted by atomic mass is 10.0. The molecule has 1 amide bonds. The van der Waals surface area contributed by atoms with Gasteiger partial charge in [-0.05, 0) is 48.6 Å². The van der Waals surface area contributed by atoms with E-state index in [0.717, 1.165) is 29.7 Å². The molecule has 0 radical (unpaired) electrons. The SMILES string of the molecule is COc1cccc2sc(N(CC3CCCO3)C(=O)COc3ccc(C(C)C)cc3)nc12. The van der Waals surface area contributed by atoms with E-state index in [1.54, 1.807) is 12.0 Å². The van der Waals surface area contributed by atoms with Gasteiger partial charge in [0.15, 0.2) is 11.7 Å². The number of aromatic nitrogens is 1. The first-order chi connectivity index (χ1) is 15.0. The second kappa shape index (κ2) is 9.66. The molecule has 3 aromatic rings. The Labute approximate surface area is 186 Å². The average Bonchev–Trinajstić information content (AvgIpc) is 3.45. The van der Waals surface area contributed by atoms with E-state index in [1.165, 1.54) is 16.9 Å². The summed E-state index contributed by atoms with van der Waals surface area (Å²) in [7, 11) is 1.63. The Morgan fingerprint density at radius 1 is 1.26 bits per heavy atom. The van der Waals surface area contributed by atoms with Crippen LogP contribution in [0.1, 0.15) is 38.2 Å². The van der Waals surface area contributed by atoms with Crippen molar-refractivity contribution in [3.05, 3.63) is 48.0 Å². The third-order valence-electron chi connectivity index (χ3n) is 5.44. The van der Waals surface area contributed by atoms with Crippen LogP contribution >= 0.6 is 11.3 Å². The Kier molecular flexibility index (Phi) is 6.73. The fourth-order valence-electron chi connectivity index (χ4n) is 3.64. The maximum Gasteiger partial charge on any atom is 0.266 e. The summed E-state index contributed by atoms with van der Waals surface area (Å²) in [6.07, 6.45) is 1.97. The Morgan fingerprint density at radius 3 is 2.74 bits per heavy atom. The van der Waals surface area contributed by atoms with E-state index in [2.05, 4.69) is 13.8 Å². The highest BCUT2D eigenvalue weighted by Crippen LogP contribution is 2.34. The van der Waals surface area contributed by atoms with Crippen molar-refractivity contribution in [2.75, 3.05) is 31.8 Å². The van der Waals surface area contributed by atoms with Crippen molar-refractivity contribution in [2.45, 2.75) is 38.7 Å². The molecule has 0 aliphatic carbocycles. The number of methoxy groups -OCH3 is 1. The van der Waals surface area contributed by atoms with E-state index < -0.39 is 0 Å². The molecule has 2 heterocycles. The largest absolute Gasteiger partial charge is 0.494 e. The Hall–Kier alpha value is -2.64. The first-order valence-electron chi connectivity index (χ1n) is 10.6. The molecule has 2 aromatic carbocycles. The lowest BCUT2D eigenvalue weighted by Gasteiger charge is -2.23. The highest BCUT2D eigenvalue weighted by atomic mass is 32.1. The number of anilines is 1. The average molecular weight is 441 g/mol. The topological polar surface area (TPSA) is 60.9 Å². The number of carbonyl (C=O) groups is 1. The van der Waals surface area contributed by atoms with Gasteiger partial charge in [0.1, 0.15) is 17.0 Å². The first-order valence-corrected chi connectivity index (χ1v) is 11.4. The van der Waals surface area contributed by atoms with Crippen LogP contribution in [0, 0.1) is 0 Å². The van der Waals surface area contributed by atoms with Gasteiger partial charge in [-0.25, -0.2) is 4.98 Å². The summed E-state index contributed by atoms with van der Waals surface area (Å²) in [5, 5.41) is 0.638. The highest BCUT2D eigenvalue weighted by molar-refractivity contribution is 7.22. The standard InChI is InChI=1S/C24H28N2O4S/c1-16(2)17-9-11-18(12-10-17)30-15-22(27)26(14-19-6-5-13-29-19)24-25-23-20(28-3)7-4-8-21(23)31-24/h4,7-12,16,19H,5-6,13-15H2,1-3H3. The Morgan fingerprint density at radius 2 is 2.06 bits per heavy atom. The van der Waals surface area contributed by atoms with Crippen molar-refractivity contribution in [1.29, 1.82) is 0 Å². The summed E-state index contributed by atoms with van der Waals surface area (Å²) < 4.78 is 18.0. The van der Waals surface area contributed by atoms with Crippen LogP contribution in [-0.4, -0.2) is 43.9 Å². The van der Waals surface area contributed by atoms with Gasteiger partial charge in [-0.3, -0.25) is 9.69 Å². The molecule has 4 rings (SSSR count). The van der Waals surface area contributed by atoms with Gasteiger partial charge in [-0.15, -0.1) is 0 Å². The first kappa shape index (κ1) is 21.6. The van der Waals surface area contributed by atoms with Crippen LogP contribution in [0.2, 0.25) is 0 Å². The van der Waals surface area contributed by atoms with Crippen LogP contribution in [-0.2, 0) is 9.53 Å². The van der Waals surface area contributed by atoms with Crippen LogP contribution in [0.15, 0.2) is 42.5 Å². The minimum absolute atomic E-state index is 0.0168. The number of ether oxygens (including phenoxy) is 3. The van der Waals surface area contributed by atoms with Crippen LogP contribution < -0.4 is 14.4 Å². The molecule has 0 spiro atoms. The van der Waals surface area contributed by atoms with E-state index in [-0.39, 0.29) is 18.6 Å². The van der Waals surface area contributed by atoms with E-state index in [1.807, 2.05) is 42.5 Å². The fourth-order valence-corrected chi connectivity index (χ4v) is 4.65. The van der Waals surface area contributed by atoms with E-state index in [9.17, 15) is 4.79 Å². The molecule has 1 fully saturated rings. The zero-order valence-electron chi connectivity index (χ0n) is 18.2. The fraction of sp³-hybridized carbons (Fsp3) is 0.417. The molecule has 7 heteroatoms. The Balaban J connectivity index is 1.53. The summed E-state index contributed by atoms with van der Waals surface area (Å²) in [6, 6.07) is 13.7. The number of carbonyl (C=O) groups excluding carboxylic acids is 1. The van der Waals surface area contributed by atoms with Crippen molar-refractivity contribution in [2.24, 2.45) is 0 Å². The molecule has 1 aliphatic heterocycles. The lowest BCUT2D eigenvalue weighted by molar-refractivity contribution is -0.120. The number of nitrogens with zero attached hydrogens (tertiary/aromatic N) is 2. The molecule has 31 heavy (non-hydrogen) atoms. The van der Waals surface area contributed by atoms with Gasteiger partial charge in [0.25, 0.3) is 5.91 Å². The number of hydrogen-bond donors (Lipinski definition) is 0. The maximum atomic E-state index is 13.2. The zero-order valence-corrected chi connectivity index (χ0v) is 19.0. The predicted molar refractivity (Wildman–Crippen MR) is 124 cm³/mol. The summed E-state index contributed by atoms with van der Waals surface area (Å²) in [5.74, 6) is 1.70. The van der Waals surface area contributed by atoms with E-state index >= 15 is 0 Å². The maximum absolute atomic E-state index is 13.2. The highest BCUT2D eigenvalue weighted by Gasteiger charge is 2.27. The molecular formula is C24H28N2O4S. The van der Waals surface area contributed by atoms with Crippen molar-refractivity contribution < 1.29 is 19.0 Å². The normalized spacial score (nSPS) is 16.1. The van der Waals surface area contributed by atoms with Crippen molar-refractivity contribution in [1.82, 2.24) is 4.98 Å². The molecule has 0 N–H and O–H groups in total. The summed E-state index contributed by atoms with van der Waals surface area (Å²) >= 11 is 1.48. The summed E-state index contributed by atoms with van der Waals surface area (Å²) in [6.45, 7) is 5.45. The summed E-state index contributed by atoms with van der Waals surface area (Å²) in [5.41, 5.74) is 2.00. The minimum Gasteiger partial charge on any atom is -0.494 e. The van der Waals surface area contributed by atoms with Gasteiger partial charge >= 0.3 is 0 Å². The van der Waals surface area contributed by atoms with Gasteiger partial charge in [-0.2, -0.15) is 0 Å². The number of benzene rings is 2. The number of amides is 1. The minimum atomic E-state index is -0.138. The summed E-state index contributed by atoms with van der Waals surface area (Å²) in [4.78, 5) is 19.6. The molecule has 0 bridgehead atoms. The molecule has 1 atom stereocenters. The number of para-hydroxylation sites is 1. The molecule has 1 aliphatic rings. The molecular weight excluding hydrogens is 412 g/mol. The van der Waals surface area contributed by atoms with Crippen LogP contribution in [0.3, 0.4) is 0 Å². The Bertz CT molecular complexity index is 1030. The van der Waals surface area contributed by atoms with Gasteiger partial charge in [0.05, 0.1) is 24.5 Å². The van der Waals surface area contributed by atoms with Crippen LogP contribution in [0.25, 0.3) is 10.2 Å². The van der Waals surface area contributed by atoms with Crippen LogP contribution in [0.4, 0.5) is 5.13 Å². The molecule has 6 nitrogen and oxygen atoms in total. The zero-order chi connectivity index (χ0) is 21.8. The van der Waals surface area contributed by atoms with E-state index in [4.69, 9.17) is 19.2 Å². The van der Waals surface area contributed by atoms with Gasteiger partial charge < -0.3 is 14.2 Å². The molecule has 164 valence electrons. The molecule has 1 saturated heterocycles. The van der Waals surface area contributed by atoms with E-state index in [0.29, 0.717) is 29.1 Å². The molecule has 1 aromatic heterocycles. The monoisotopic (exact) mass is 440 g/mol. The quantitative estimate of drug-likeness (QED) is 0.492. The number of thiazole rings is 1. The van der Waals surface area contributed by atoms with Gasteiger partial charge in [0.2, 0.25) is 0 Å². The molecule has 1 unspecified atom stereocenters.